The smallest absolute Gasteiger partial charge is 0.545 e. The standard InChI is InChI=1S/3C4H4O4.6Na/c3*5-3(6)1-2-4(7)8;;;;;;/h3*1-2H,(H,5,6)(H,7,8);;;;;;/q;;;6*+1/p-6/b3*2-1-;;;;;;. The minimum absolute atomic E-state index is 0. The van der Waals surface area contributed by atoms with Crippen molar-refractivity contribution in [2.75, 3.05) is 0 Å². The van der Waals surface area contributed by atoms with Gasteiger partial charge in [0.15, 0.2) is 0 Å². The Hall–Kier alpha value is 2.04. The van der Waals surface area contributed by atoms with Crippen LogP contribution in [0.25, 0.3) is 0 Å². The van der Waals surface area contributed by atoms with Gasteiger partial charge in [0.05, 0.1) is 35.8 Å². The Bertz CT molecular complexity index is 459. The molecule has 0 aromatic heterocycles. The van der Waals surface area contributed by atoms with Crippen LogP contribution in [0.3, 0.4) is 0 Å². The van der Waals surface area contributed by atoms with Crippen LogP contribution in [0.2, 0.25) is 0 Å². The van der Waals surface area contributed by atoms with Gasteiger partial charge in [0.2, 0.25) is 0 Å². The van der Waals surface area contributed by atoms with Crippen LogP contribution in [0.15, 0.2) is 36.5 Å². The van der Waals surface area contributed by atoms with Crippen molar-refractivity contribution in [2.24, 2.45) is 0 Å². The van der Waals surface area contributed by atoms with Gasteiger partial charge in [-0.2, -0.15) is 0 Å². The second kappa shape index (κ2) is 41.3. The predicted molar refractivity (Wildman–Crippen MR) is 57.5 cm³/mol. The Balaban J connectivity index is -0.0000000286. The summed E-state index contributed by atoms with van der Waals surface area (Å²) in [5.41, 5.74) is 0. The largest absolute Gasteiger partial charge is 1.00 e. The SMILES string of the molecule is O=C([O-])/C=C\C(=O)[O-].O=C([O-])/C=C\C(=O)[O-].O=C([O-])/C=C\C(=O)[O-].[Na+].[Na+].[Na+].[Na+].[Na+].[Na+]. The molecular weight excluding hydrogens is 474 g/mol. The first-order valence-corrected chi connectivity index (χ1v) is 5.18. The molecule has 0 aromatic rings. The van der Waals surface area contributed by atoms with E-state index < -0.39 is 35.8 Å². The molecule has 0 unspecified atom stereocenters. The van der Waals surface area contributed by atoms with Crippen LogP contribution in [-0.4, -0.2) is 35.8 Å². The van der Waals surface area contributed by atoms with E-state index in [1.54, 1.807) is 0 Å². The second-order valence-electron chi connectivity index (χ2n) is 2.91. The Morgan fingerprint density at radius 3 is 0.400 bits per heavy atom. The summed E-state index contributed by atoms with van der Waals surface area (Å²) in [4.78, 5) is 56.5. The summed E-state index contributed by atoms with van der Waals surface area (Å²) in [5.74, 6) is -9.28. The molecule has 0 fully saturated rings. The monoisotopic (exact) mass is 480 g/mol. The summed E-state index contributed by atoms with van der Waals surface area (Å²) >= 11 is 0. The zero-order valence-corrected chi connectivity index (χ0v) is 29.4. The van der Waals surface area contributed by atoms with Crippen LogP contribution in [0.5, 0.6) is 0 Å². The molecule has 0 aliphatic rings. The van der Waals surface area contributed by atoms with Crippen LogP contribution in [0.4, 0.5) is 0 Å². The normalized spacial score (nSPS) is 7.60. The molecule has 0 atom stereocenters. The van der Waals surface area contributed by atoms with Crippen molar-refractivity contribution >= 4 is 35.8 Å². The number of carboxylic acids is 6. The average molecular weight is 480 g/mol. The molecule has 0 saturated heterocycles. The molecule has 0 aromatic carbocycles. The zero-order valence-electron chi connectivity index (χ0n) is 17.4. The number of carbonyl (C=O) groups excluding carboxylic acids is 6. The van der Waals surface area contributed by atoms with Crippen LogP contribution >= 0.6 is 0 Å². The molecular formula is C12H6Na6O12. The van der Waals surface area contributed by atoms with E-state index in [2.05, 4.69) is 0 Å². The zero-order chi connectivity index (χ0) is 19.7. The third-order valence-corrected chi connectivity index (χ3v) is 1.07. The summed E-state index contributed by atoms with van der Waals surface area (Å²) in [6.07, 6.45) is 2.31. The molecule has 0 amide bonds. The van der Waals surface area contributed by atoms with Crippen molar-refractivity contribution in [2.45, 2.75) is 0 Å². The third-order valence-electron chi connectivity index (χ3n) is 1.07. The van der Waals surface area contributed by atoms with E-state index >= 15 is 0 Å². The van der Waals surface area contributed by atoms with Gasteiger partial charge in [-0.3, -0.25) is 0 Å². The fourth-order valence-corrected chi connectivity index (χ4v) is 0.408. The van der Waals surface area contributed by atoms with Gasteiger partial charge >= 0.3 is 177 Å². The van der Waals surface area contributed by atoms with Gasteiger partial charge in [0.1, 0.15) is 0 Å². The maximum absolute atomic E-state index is 9.41. The van der Waals surface area contributed by atoms with Gasteiger partial charge in [0, 0.05) is 0 Å². The van der Waals surface area contributed by atoms with Crippen LogP contribution in [0, 0.1) is 0 Å². The molecule has 0 aliphatic heterocycles. The summed E-state index contributed by atoms with van der Waals surface area (Å²) in [5, 5.41) is 56.5. The average Bonchev–Trinajstić information content (AvgIpc) is 2.42. The van der Waals surface area contributed by atoms with Crippen LogP contribution in [-0.2, 0) is 28.8 Å². The van der Waals surface area contributed by atoms with E-state index in [4.69, 9.17) is 0 Å². The van der Waals surface area contributed by atoms with Crippen molar-refractivity contribution < 1.29 is 237 Å². The van der Waals surface area contributed by atoms with E-state index in [-0.39, 0.29) is 177 Å². The predicted octanol–water partition coefficient (Wildman–Crippen LogP) is -26.8. The minimum Gasteiger partial charge on any atom is -0.545 e. The fourth-order valence-electron chi connectivity index (χ4n) is 0.408. The van der Waals surface area contributed by atoms with Crippen LogP contribution in [0.1, 0.15) is 0 Å². The van der Waals surface area contributed by atoms with E-state index in [1.165, 1.54) is 0 Å². The van der Waals surface area contributed by atoms with E-state index in [0.29, 0.717) is 36.5 Å². The Labute approximate surface area is 303 Å². The summed E-state index contributed by atoms with van der Waals surface area (Å²) in [6.45, 7) is 0. The summed E-state index contributed by atoms with van der Waals surface area (Å²) in [7, 11) is 0. The third kappa shape index (κ3) is 87.2. The molecule has 0 heterocycles. The van der Waals surface area contributed by atoms with Crippen molar-refractivity contribution in [3.63, 3.8) is 0 Å². The van der Waals surface area contributed by atoms with Crippen molar-refractivity contribution in [1.82, 2.24) is 0 Å². The molecule has 0 radical (unpaired) electrons. The van der Waals surface area contributed by atoms with Crippen molar-refractivity contribution in [3.05, 3.63) is 36.5 Å². The molecule has 0 saturated carbocycles. The Kier molecular flexibility index (Phi) is 80.1. The van der Waals surface area contributed by atoms with Gasteiger partial charge in [-0.05, 0) is 36.5 Å². The number of carboxylic acid groups (broad SMARTS) is 6. The van der Waals surface area contributed by atoms with E-state index in [0.717, 1.165) is 0 Å². The molecule has 0 aliphatic carbocycles. The van der Waals surface area contributed by atoms with E-state index in [1.807, 2.05) is 0 Å². The molecule has 30 heavy (non-hydrogen) atoms. The van der Waals surface area contributed by atoms with Crippen molar-refractivity contribution in [3.8, 4) is 0 Å². The molecule has 132 valence electrons. The van der Waals surface area contributed by atoms with Gasteiger partial charge in [0.25, 0.3) is 0 Å². The number of aliphatic carboxylic acids is 6. The Morgan fingerprint density at radius 2 is 0.367 bits per heavy atom. The molecule has 0 spiro atoms. The first kappa shape index (κ1) is 58.2. The maximum Gasteiger partial charge on any atom is 1.00 e. The fraction of sp³-hybridized carbons (Fsp3) is 0. The number of rotatable bonds is 6. The molecule has 0 N–H and O–H groups in total. The summed E-state index contributed by atoms with van der Waals surface area (Å²) < 4.78 is 0. The Morgan fingerprint density at radius 1 is 0.300 bits per heavy atom. The maximum atomic E-state index is 9.41. The van der Waals surface area contributed by atoms with Gasteiger partial charge < -0.3 is 59.4 Å². The summed E-state index contributed by atoms with van der Waals surface area (Å²) in [6, 6.07) is 0. The first-order valence-electron chi connectivity index (χ1n) is 5.18. The molecule has 18 heteroatoms. The topological polar surface area (TPSA) is 241 Å². The minimum atomic E-state index is -1.55. The number of hydrogen-bond acceptors (Lipinski definition) is 12. The van der Waals surface area contributed by atoms with E-state index in [9.17, 15) is 59.4 Å². The molecule has 0 rings (SSSR count). The first-order chi connectivity index (χ1) is 10.9. The van der Waals surface area contributed by atoms with Crippen molar-refractivity contribution in [1.29, 1.82) is 0 Å². The second-order valence-corrected chi connectivity index (χ2v) is 2.91. The number of carbonyl (C=O) groups is 6. The number of hydrogen-bond donors (Lipinski definition) is 0. The molecule has 0 bridgehead atoms. The van der Waals surface area contributed by atoms with Gasteiger partial charge in [-0.25, -0.2) is 0 Å². The van der Waals surface area contributed by atoms with Crippen LogP contribution < -0.4 is 208 Å². The quantitative estimate of drug-likeness (QED) is 0.254. The van der Waals surface area contributed by atoms with Gasteiger partial charge in [-0.1, -0.05) is 0 Å². The molecule has 12 nitrogen and oxygen atoms in total. The van der Waals surface area contributed by atoms with Gasteiger partial charge in [-0.15, -0.1) is 0 Å².